The van der Waals surface area contributed by atoms with Gasteiger partial charge in [0.1, 0.15) is 11.6 Å². The summed E-state index contributed by atoms with van der Waals surface area (Å²) in [5.74, 6) is -2.49. The topological polar surface area (TPSA) is 122 Å². The Kier molecular flexibility index (Phi) is 10.1. The van der Waals surface area contributed by atoms with Crippen LogP contribution in [0, 0.1) is 11.2 Å². The van der Waals surface area contributed by atoms with Gasteiger partial charge in [-0.05, 0) is 63.2 Å². The summed E-state index contributed by atoms with van der Waals surface area (Å²) in [5, 5.41) is 15.5. The van der Waals surface area contributed by atoms with Crippen molar-refractivity contribution in [2.45, 2.75) is 39.6 Å². The number of ether oxygens (including phenoxy) is 2. The summed E-state index contributed by atoms with van der Waals surface area (Å²) in [4.78, 5) is 15.6. The van der Waals surface area contributed by atoms with Crippen LogP contribution in [0.15, 0.2) is 60.7 Å². The summed E-state index contributed by atoms with van der Waals surface area (Å²) in [6.45, 7) is 6.27. The van der Waals surface area contributed by atoms with Crippen LogP contribution in [0.4, 0.5) is 28.4 Å². The Hall–Kier alpha value is -4.39. The predicted octanol–water partition coefficient (Wildman–Crippen LogP) is 6.88. The maximum atomic E-state index is 15.6. The normalized spacial score (nSPS) is 11.1. The fourth-order valence-electron chi connectivity index (χ4n) is 3.57. The Labute approximate surface area is 237 Å². The van der Waals surface area contributed by atoms with Crippen LogP contribution in [0.5, 0.6) is 11.5 Å². The average molecular weight is 593 g/mol. The number of anilines is 2. The molecular formula is C28H28F4N4O4S. The molecule has 4 N–H and O–H groups in total. The van der Waals surface area contributed by atoms with Crippen LogP contribution < -0.4 is 20.1 Å². The molecule has 0 aliphatic carbocycles. The summed E-state index contributed by atoms with van der Waals surface area (Å²) in [6, 6.07) is 18.4. The minimum absolute atomic E-state index is 0.0102. The number of rotatable bonds is 9. The van der Waals surface area contributed by atoms with Gasteiger partial charge in [0.25, 0.3) is 0 Å². The van der Waals surface area contributed by atoms with Crippen molar-refractivity contribution in [3.63, 3.8) is 0 Å². The molecule has 1 aromatic heterocycles. The Balaban J connectivity index is 0.000000587. The molecule has 218 valence electrons. The first-order chi connectivity index (χ1) is 19.3. The fraction of sp³-hybridized carbons (Fsp3) is 0.250. The first-order valence-electron chi connectivity index (χ1n) is 12.3. The largest absolute Gasteiger partial charge is 0.494 e. The molecule has 1 heterocycles. The van der Waals surface area contributed by atoms with Gasteiger partial charge in [0, 0.05) is 22.9 Å². The van der Waals surface area contributed by atoms with Crippen LogP contribution in [-0.4, -0.2) is 40.8 Å². The number of carboxylic acids is 1. The third kappa shape index (κ3) is 8.30. The molecule has 0 aliphatic heterocycles. The fourth-order valence-corrected chi connectivity index (χ4v) is 4.55. The number of benzene rings is 3. The maximum absolute atomic E-state index is 15.6. The molecule has 0 bridgehead atoms. The molecule has 8 nitrogen and oxygen atoms in total. The van der Waals surface area contributed by atoms with E-state index in [1.807, 2.05) is 62.1 Å². The number of nitrogens with one attached hydrogen (secondary N) is 1. The molecule has 0 amide bonds. The van der Waals surface area contributed by atoms with E-state index in [-0.39, 0.29) is 24.2 Å². The number of amidine groups is 1. The van der Waals surface area contributed by atoms with Gasteiger partial charge >= 0.3 is 12.1 Å². The van der Waals surface area contributed by atoms with Gasteiger partial charge in [-0.15, -0.1) is 0 Å². The SMILES string of the molecule is CCOc1cc(CN(c2ccc(C(=N)N)cc2)c2nc3ccccc3s2)c(F)c(OC(C)C)c1.O=C(O)C(F)(F)F. The van der Waals surface area contributed by atoms with E-state index >= 15 is 4.39 Å². The average Bonchev–Trinajstić information content (AvgIpc) is 3.33. The number of carbonyl (C=O) groups is 1. The number of fused-ring (bicyclic) bond motifs is 1. The molecule has 0 fully saturated rings. The molecule has 0 saturated carbocycles. The van der Waals surface area contributed by atoms with E-state index in [0.29, 0.717) is 23.5 Å². The summed E-state index contributed by atoms with van der Waals surface area (Å²) in [6.07, 6.45) is -5.27. The van der Waals surface area contributed by atoms with Gasteiger partial charge in [-0.1, -0.05) is 23.5 Å². The van der Waals surface area contributed by atoms with Crippen molar-refractivity contribution in [1.82, 2.24) is 4.98 Å². The lowest BCUT2D eigenvalue weighted by Crippen LogP contribution is -2.21. The predicted molar refractivity (Wildman–Crippen MR) is 150 cm³/mol. The first kappa shape index (κ1) is 31.1. The van der Waals surface area contributed by atoms with Crippen LogP contribution >= 0.6 is 11.3 Å². The Morgan fingerprint density at radius 1 is 1.15 bits per heavy atom. The highest BCUT2D eigenvalue weighted by Crippen LogP contribution is 2.37. The molecule has 13 heteroatoms. The highest BCUT2D eigenvalue weighted by Gasteiger charge is 2.38. The lowest BCUT2D eigenvalue weighted by molar-refractivity contribution is -0.192. The van der Waals surface area contributed by atoms with Crippen LogP contribution in [0.3, 0.4) is 0 Å². The molecule has 0 atom stereocenters. The number of carboxylic acid groups (broad SMARTS) is 1. The number of alkyl halides is 3. The molecular weight excluding hydrogens is 564 g/mol. The Morgan fingerprint density at radius 2 is 1.78 bits per heavy atom. The number of nitrogens with zero attached hydrogens (tertiary/aromatic N) is 2. The molecule has 0 radical (unpaired) electrons. The number of hydrogen-bond acceptors (Lipinski definition) is 7. The van der Waals surface area contributed by atoms with Gasteiger partial charge in [0.15, 0.2) is 16.7 Å². The van der Waals surface area contributed by atoms with E-state index in [9.17, 15) is 13.2 Å². The minimum atomic E-state index is -5.08. The summed E-state index contributed by atoms with van der Waals surface area (Å²) in [7, 11) is 0. The van der Waals surface area contributed by atoms with Crippen molar-refractivity contribution >= 4 is 44.2 Å². The zero-order valence-corrected chi connectivity index (χ0v) is 23.1. The molecule has 0 saturated heterocycles. The monoisotopic (exact) mass is 592 g/mol. The van der Waals surface area contributed by atoms with Crippen molar-refractivity contribution in [3.05, 3.63) is 77.6 Å². The Bertz CT molecular complexity index is 1470. The quantitative estimate of drug-likeness (QED) is 0.110. The molecule has 4 aromatic rings. The van der Waals surface area contributed by atoms with Crippen molar-refractivity contribution in [2.24, 2.45) is 5.73 Å². The number of halogens is 4. The number of hydrogen-bond donors (Lipinski definition) is 3. The number of para-hydroxylation sites is 1. The lowest BCUT2D eigenvalue weighted by atomic mass is 10.1. The van der Waals surface area contributed by atoms with Crippen molar-refractivity contribution in [3.8, 4) is 11.5 Å². The number of aromatic nitrogens is 1. The molecule has 4 rings (SSSR count). The van der Waals surface area contributed by atoms with Gasteiger partial charge in [-0.25, -0.2) is 14.2 Å². The zero-order chi connectivity index (χ0) is 30.3. The van der Waals surface area contributed by atoms with Gasteiger partial charge in [0.05, 0.1) is 29.5 Å². The lowest BCUT2D eigenvalue weighted by Gasteiger charge is -2.24. The van der Waals surface area contributed by atoms with Crippen molar-refractivity contribution in [1.29, 1.82) is 5.41 Å². The van der Waals surface area contributed by atoms with Gasteiger partial charge in [-0.3, -0.25) is 5.41 Å². The van der Waals surface area contributed by atoms with Crippen LogP contribution in [-0.2, 0) is 11.3 Å². The molecule has 3 aromatic carbocycles. The van der Waals surface area contributed by atoms with Crippen LogP contribution in [0.1, 0.15) is 31.9 Å². The standard InChI is InChI=1S/C26H27FN4O2S.C2HF3O2/c1-4-32-20-13-18(24(27)22(14-20)33-16(2)3)15-31(19-11-9-17(10-12-19)25(28)29)26-30-21-7-5-6-8-23(21)34-26;3-2(4,5)1(6)7/h5-14,16H,4,15H2,1-3H3,(H3,28,29);(H,6,7). The van der Waals surface area contributed by atoms with Crippen molar-refractivity contribution in [2.75, 3.05) is 11.5 Å². The van der Waals surface area contributed by atoms with Gasteiger partial charge in [-0.2, -0.15) is 13.2 Å². The molecule has 41 heavy (non-hydrogen) atoms. The smallest absolute Gasteiger partial charge is 0.490 e. The van der Waals surface area contributed by atoms with Gasteiger partial charge in [0.2, 0.25) is 0 Å². The third-order valence-electron chi connectivity index (χ3n) is 5.34. The number of nitrogen functional groups attached to an aromatic ring is 1. The summed E-state index contributed by atoms with van der Waals surface area (Å²) in [5.41, 5.74) is 8.35. The first-order valence-corrected chi connectivity index (χ1v) is 13.1. The van der Waals surface area contributed by atoms with E-state index < -0.39 is 18.0 Å². The minimum Gasteiger partial charge on any atom is -0.494 e. The maximum Gasteiger partial charge on any atom is 0.490 e. The second kappa shape index (κ2) is 13.3. The summed E-state index contributed by atoms with van der Waals surface area (Å²) < 4.78 is 59.7. The zero-order valence-electron chi connectivity index (χ0n) is 22.3. The van der Waals surface area contributed by atoms with E-state index in [2.05, 4.69) is 0 Å². The second-order valence-corrected chi connectivity index (χ2v) is 9.82. The molecule has 0 spiro atoms. The highest BCUT2D eigenvalue weighted by molar-refractivity contribution is 7.22. The van der Waals surface area contributed by atoms with Crippen LogP contribution in [0.25, 0.3) is 10.2 Å². The van der Waals surface area contributed by atoms with Crippen LogP contribution in [0.2, 0.25) is 0 Å². The molecule has 0 aliphatic rings. The van der Waals surface area contributed by atoms with E-state index in [1.54, 1.807) is 24.3 Å². The molecule has 0 unspecified atom stereocenters. The number of nitrogens with two attached hydrogens (primary N) is 1. The highest BCUT2D eigenvalue weighted by atomic mass is 32.1. The van der Waals surface area contributed by atoms with E-state index in [1.165, 1.54) is 11.3 Å². The van der Waals surface area contributed by atoms with Crippen molar-refractivity contribution < 1.29 is 36.9 Å². The van der Waals surface area contributed by atoms with Gasteiger partial charge < -0.3 is 25.2 Å². The third-order valence-corrected chi connectivity index (χ3v) is 6.40. The number of aliphatic carboxylic acids is 1. The van der Waals surface area contributed by atoms with E-state index in [4.69, 9.17) is 35.5 Å². The second-order valence-electron chi connectivity index (χ2n) is 8.81. The van der Waals surface area contributed by atoms with E-state index in [0.717, 1.165) is 21.0 Å². The Morgan fingerprint density at radius 3 is 2.32 bits per heavy atom. The summed E-state index contributed by atoms with van der Waals surface area (Å²) >= 11 is 1.53. The number of thiazole rings is 1.